The number of aromatic nitrogens is 6. The number of carbonyl (C=O) groups is 1. The summed E-state index contributed by atoms with van der Waals surface area (Å²) in [5.41, 5.74) is 2.79. The summed E-state index contributed by atoms with van der Waals surface area (Å²) in [7, 11) is 3.41. The molecule has 35 heavy (non-hydrogen) atoms. The maximum Gasteiger partial charge on any atom is 0.306 e. The molecule has 12 heteroatoms. The van der Waals surface area contributed by atoms with E-state index in [9.17, 15) is 9.90 Å². The molecule has 3 aromatic rings. The van der Waals surface area contributed by atoms with Crippen molar-refractivity contribution in [3.63, 3.8) is 0 Å². The number of aliphatic carboxylic acids is 1. The van der Waals surface area contributed by atoms with Crippen molar-refractivity contribution in [3.05, 3.63) is 29.4 Å². The van der Waals surface area contributed by atoms with Gasteiger partial charge in [-0.25, -0.2) is 9.67 Å². The fourth-order valence-electron chi connectivity index (χ4n) is 4.28. The second-order valence-corrected chi connectivity index (χ2v) is 8.67. The third kappa shape index (κ3) is 5.59. The Kier molecular flexibility index (Phi) is 7.59. The average Bonchev–Trinajstić information content (AvgIpc) is 3.46. The predicted octanol–water partition coefficient (Wildman–Crippen LogP) is 3.30. The second kappa shape index (κ2) is 10.8. The van der Waals surface area contributed by atoms with Crippen LogP contribution in [0.4, 0.5) is 5.95 Å². The van der Waals surface area contributed by atoms with Gasteiger partial charge in [-0.2, -0.15) is 4.98 Å². The van der Waals surface area contributed by atoms with E-state index in [0.29, 0.717) is 54.1 Å². The summed E-state index contributed by atoms with van der Waals surface area (Å²) < 4.78 is 18.4. The number of nitrogens with zero attached hydrogens (tertiary/aromatic N) is 6. The van der Waals surface area contributed by atoms with E-state index >= 15 is 0 Å². The van der Waals surface area contributed by atoms with Gasteiger partial charge in [-0.05, 0) is 56.3 Å². The number of hydrogen-bond acceptors (Lipinski definition) is 10. The van der Waals surface area contributed by atoms with Crippen LogP contribution in [0.5, 0.6) is 5.75 Å². The van der Waals surface area contributed by atoms with E-state index in [1.54, 1.807) is 18.8 Å². The molecule has 4 rings (SSSR count). The lowest BCUT2D eigenvalue weighted by molar-refractivity contribution is -0.143. The number of pyridine rings is 1. The lowest BCUT2D eigenvalue weighted by Crippen LogP contribution is -2.29. The van der Waals surface area contributed by atoms with Crippen molar-refractivity contribution >= 4 is 11.9 Å². The van der Waals surface area contributed by atoms with Crippen LogP contribution in [0, 0.1) is 12.8 Å². The van der Waals surface area contributed by atoms with Gasteiger partial charge in [0.05, 0.1) is 35.6 Å². The van der Waals surface area contributed by atoms with Gasteiger partial charge in [-0.3, -0.25) is 4.79 Å². The van der Waals surface area contributed by atoms with Crippen molar-refractivity contribution in [2.45, 2.75) is 64.7 Å². The lowest BCUT2D eigenvalue weighted by Gasteiger charge is -2.27. The largest absolute Gasteiger partial charge is 0.489 e. The monoisotopic (exact) mass is 485 g/mol. The first kappa shape index (κ1) is 24.6. The molecule has 2 N–H and O–H groups in total. The smallest absolute Gasteiger partial charge is 0.306 e. The first-order valence-electron chi connectivity index (χ1n) is 11.8. The highest BCUT2D eigenvalue weighted by Gasteiger charge is 2.28. The van der Waals surface area contributed by atoms with Gasteiger partial charge in [-0.1, -0.05) is 12.1 Å². The number of methoxy groups -OCH3 is 1. The van der Waals surface area contributed by atoms with E-state index in [-0.39, 0.29) is 18.1 Å². The molecule has 0 aliphatic heterocycles. The van der Waals surface area contributed by atoms with E-state index in [1.165, 1.54) is 0 Å². The molecule has 1 unspecified atom stereocenters. The number of ether oxygens (including phenoxy) is 2. The Morgan fingerprint density at radius 3 is 2.89 bits per heavy atom. The van der Waals surface area contributed by atoms with E-state index in [4.69, 9.17) is 19.0 Å². The quantitative estimate of drug-likeness (QED) is 0.435. The number of hydrogen-bond donors (Lipinski definition) is 2. The molecule has 0 amide bonds. The highest BCUT2D eigenvalue weighted by molar-refractivity contribution is 5.70. The van der Waals surface area contributed by atoms with Gasteiger partial charge in [-0.15, -0.1) is 5.10 Å². The van der Waals surface area contributed by atoms with Crippen molar-refractivity contribution in [1.82, 2.24) is 30.1 Å². The first-order chi connectivity index (χ1) is 16.9. The van der Waals surface area contributed by atoms with Gasteiger partial charge in [0.15, 0.2) is 0 Å². The summed E-state index contributed by atoms with van der Waals surface area (Å²) in [6.07, 6.45) is 3.24. The Hall–Kier alpha value is -3.54. The number of aryl methyl sites for hydroxylation is 2. The second-order valence-electron chi connectivity index (χ2n) is 8.67. The van der Waals surface area contributed by atoms with Gasteiger partial charge < -0.3 is 24.4 Å². The summed E-state index contributed by atoms with van der Waals surface area (Å²) in [5, 5.41) is 24.9. The van der Waals surface area contributed by atoms with Gasteiger partial charge in [0.25, 0.3) is 11.8 Å². The number of rotatable bonds is 10. The Morgan fingerprint density at radius 2 is 2.17 bits per heavy atom. The highest BCUT2D eigenvalue weighted by Crippen LogP contribution is 2.30. The summed E-state index contributed by atoms with van der Waals surface area (Å²) in [6.45, 7) is 4.21. The van der Waals surface area contributed by atoms with Crippen LogP contribution in [0.2, 0.25) is 0 Å². The van der Waals surface area contributed by atoms with Crippen LogP contribution in [0.1, 0.15) is 62.4 Å². The number of anilines is 1. The van der Waals surface area contributed by atoms with E-state index in [0.717, 1.165) is 25.0 Å². The highest BCUT2D eigenvalue weighted by atomic mass is 16.5. The Balaban J connectivity index is 1.45. The molecule has 0 radical (unpaired) electrons. The van der Waals surface area contributed by atoms with E-state index in [1.807, 2.05) is 26.0 Å². The minimum Gasteiger partial charge on any atom is -0.489 e. The molecule has 0 bridgehead atoms. The van der Waals surface area contributed by atoms with Crippen molar-refractivity contribution in [1.29, 1.82) is 0 Å². The average molecular weight is 486 g/mol. The molecule has 0 spiro atoms. The molecule has 1 aliphatic rings. The van der Waals surface area contributed by atoms with Crippen molar-refractivity contribution in [2.24, 2.45) is 13.0 Å². The summed E-state index contributed by atoms with van der Waals surface area (Å²) in [4.78, 5) is 20.4. The molecular formula is C23H31N7O5. The maximum atomic E-state index is 11.4. The van der Waals surface area contributed by atoms with Crippen LogP contribution in [-0.4, -0.2) is 54.4 Å². The van der Waals surface area contributed by atoms with E-state index in [2.05, 4.69) is 25.8 Å². The zero-order valence-electron chi connectivity index (χ0n) is 20.4. The number of carboxylic acid groups (broad SMARTS) is 1. The molecule has 1 saturated carbocycles. The normalized spacial score (nSPS) is 18.9. The Labute approximate surface area is 203 Å². The SMILES string of the molecule is CC[C@@H](OC)c1nc(NCc2c(-c3ccc(OC4CCC[C@H](C(=O)O)C4)c(C)n3)nnn2C)no1. The molecule has 1 fully saturated rings. The van der Waals surface area contributed by atoms with Gasteiger partial charge >= 0.3 is 5.97 Å². The van der Waals surface area contributed by atoms with Crippen molar-refractivity contribution in [3.8, 4) is 17.1 Å². The van der Waals surface area contributed by atoms with Gasteiger partial charge in [0, 0.05) is 14.2 Å². The fraction of sp³-hybridized carbons (Fsp3) is 0.565. The maximum absolute atomic E-state index is 11.4. The topological polar surface area (TPSA) is 150 Å². The summed E-state index contributed by atoms with van der Waals surface area (Å²) in [6, 6.07) is 3.69. The first-order valence-corrected chi connectivity index (χ1v) is 11.8. The predicted molar refractivity (Wildman–Crippen MR) is 125 cm³/mol. The van der Waals surface area contributed by atoms with Gasteiger partial charge in [0.2, 0.25) is 0 Å². The third-order valence-corrected chi connectivity index (χ3v) is 6.28. The number of nitrogens with one attached hydrogen (secondary N) is 1. The van der Waals surface area contributed by atoms with Crippen molar-refractivity contribution in [2.75, 3.05) is 12.4 Å². The summed E-state index contributed by atoms with van der Waals surface area (Å²) >= 11 is 0. The van der Waals surface area contributed by atoms with Crippen LogP contribution in [-0.2, 0) is 23.1 Å². The Morgan fingerprint density at radius 1 is 1.34 bits per heavy atom. The number of carboxylic acids is 1. The van der Waals surface area contributed by atoms with Crippen molar-refractivity contribution < 1.29 is 23.9 Å². The van der Waals surface area contributed by atoms with Crippen LogP contribution in [0.25, 0.3) is 11.4 Å². The third-order valence-electron chi connectivity index (χ3n) is 6.28. The molecular weight excluding hydrogens is 454 g/mol. The van der Waals surface area contributed by atoms with Crippen LogP contribution in [0.15, 0.2) is 16.7 Å². The summed E-state index contributed by atoms with van der Waals surface area (Å²) in [5.74, 6) is 0.308. The molecule has 12 nitrogen and oxygen atoms in total. The van der Waals surface area contributed by atoms with Crippen LogP contribution < -0.4 is 10.1 Å². The van der Waals surface area contributed by atoms with Crippen LogP contribution >= 0.6 is 0 Å². The standard InChI is InChI=1S/C23H31N7O5/c1-5-18(33-4)21-26-23(28-35-21)24-12-17-20(27-29-30(17)3)16-9-10-19(13(2)25-16)34-15-8-6-7-14(11-15)22(31)32/h9-10,14-15,18H,5-8,11-12H2,1-4H3,(H,24,28)(H,31,32)/t14-,15?,18+/m0/s1. The molecule has 3 aromatic heterocycles. The zero-order chi connectivity index (χ0) is 24.9. The molecule has 3 heterocycles. The minimum absolute atomic E-state index is 0.127. The zero-order valence-corrected chi connectivity index (χ0v) is 20.4. The molecule has 0 aromatic carbocycles. The minimum atomic E-state index is -0.756. The van der Waals surface area contributed by atoms with Crippen LogP contribution in [0.3, 0.4) is 0 Å². The fourth-order valence-corrected chi connectivity index (χ4v) is 4.28. The van der Waals surface area contributed by atoms with Gasteiger partial charge in [0.1, 0.15) is 17.5 Å². The lowest BCUT2D eigenvalue weighted by atomic mass is 9.87. The van der Waals surface area contributed by atoms with E-state index < -0.39 is 5.97 Å². The Bertz CT molecular complexity index is 1160. The molecule has 3 atom stereocenters. The molecule has 0 saturated heterocycles. The molecule has 1 aliphatic carbocycles. The molecule has 188 valence electrons.